The van der Waals surface area contributed by atoms with Crippen LogP contribution in [0.1, 0.15) is 0 Å². The van der Waals surface area contributed by atoms with E-state index in [1.54, 1.807) is 6.08 Å². The van der Waals surface area contributed by atoms with E-state index in [2.05, 4.69) is 17.2 Å². The topological polar surface area (TPSA) is 41.1 Å². The molecule has 1 unspecified atom stereocenters. The largest absolute Gasteiger partial charge is 0.354 e. The molecule has 2 N–H and O–H groups in total. The molecule has 1 heterocycles. The van der Waals surface area contributed by atoms with Gasteiger partial charge in [-0.25, -0.2) is 0 Å². The van der Waals surface area contributed by atoms with Crippen LogP contribution in [0, 0.1) is 0 Å². The van der Waals surface area contributed by atoms with Crippen molar-refractivity contribution >= 4 is 29.4 Å². The van der Waals surface area contributed by atoms with E-state index in [-0.39, 0.29) is 5.91 Å². The third-order valence-electron chi connectivity index (χ3n) is 1.99. The van der Waals surface area contributed by atoms with Gasteiger partial charge in [0.2, 0.25) is 5.91 Å². The minimum Gasteiger partial charge on any atom is -0.354 e. The van der Waals surface area contributed by atoms with Crippen LogP contribution < -0.4 is 10.6 Å². The molecule has 5 heteroatoms. The number of thioether (sulfide) groups is 2. The summed E-state index contributed by atoms with van der Waals surface area (Å²) in [6.07, 6.45) is 1.75. The molecule has 86 valence electrons. The molecule has 1 atom stereocenters. The SMILES string of the molecule is C=CCNCC(=O)NCC1CSCCS1. The molecular formula is C10H18N2OS2. The fourth-order valence-corrected chi connectivity index (χ4v) is 3.84. The summed E-state index contributed by atoms with van der Waals surface area (Å²) >= 11 is 3.94. The summed E-state index contributed by atoms with van der Waals surface area (Å²) in [5, 5.41) is 6.51. The first-order valence-corrected chi connectivity index (χ1v) is 7.31. The lowest BCUT2D eigenvalue weighted by Crippen LogP contribution is -2.38. The van der Waals surface area contributed by atoms with Crippen LogP contribution in [0.5, 0.6) is 0 Å². The first-order valence-electron chi connectivity index (χ1n) is 5.10. The van der Waals surface area contributed by atoms with E-state index in [9.17, 15) is 4.79 Å². The van der Waals surface area contributed by atoms with E-state index in [0.29, 0.717) is 18.3 Å². The Hall–Kier alpha value is -0.130. The molecule has 0 aromatic heterocycles. The average molecular weight is 246 g/mol. The maximum Gasteiger partial charge on any atom is 0.234 e. The molecule has 0 radical (unpaired) electrons. The van der Waals surface area contributed by atoms with Gasteiger partial charge in [-0.1, -0.05) is 6.08 Å². The Labute approximate surface area is 99.8 Å². The summed E-state index contributed by atoms with van der Waals surface area (Å²) in [5.74, 6) is 3.69. The lowest BCUT2D eigenvalue weighted by atomic mass is 10.4. The predicted molar refractivity (Wildman–Crippen MR) is 69.6 cm³/mol. The fourth-order valence-electron chi connectivity index (χ4n) is 1.23. The van der Waals surface area contributed by atoms with Crippen molar-refractivity contribution in [3.05, 3.63) is 12.7 Å². The van der Waals surface area contributed by atoms with Crippen LogP contribution >= 0.6 is 23.5 Å². The van der Waals surface area contributed by atoms with Crippen molar-refractivity contribution < 1.29 is 4.79 Å². The van der Waals surface area contributed by atoms with E-state index >= 15 is 0 Å². The standard InChI is InChI=1S/C10H18N2OS2/c1-2-3-11-7-10(13)12-6-9-8-14-4-5-15-9/h2,9,11H,1,3-8H2,(H,12,13). The summed E-state index contributed by atoms with van der Waals surface area (Å²) in [7, 11) is 0. The van der Waals surface area contributed by atoms with Crippen LogP contribution in [0.2, 0.25) is 0 Å². The Kier molecular flexibility index (Phi) is 6.96. The van der Waals surface area contributed by atoms with E-state index in [0.717, 1.165) is 12.3 Å². The second-order valence-electron chi connectivity index (χ2n) is 3.29. The van der Waals surface area contributed by atoms with Crippen LogP contribution in [-0.4, -0.2) is 48.0 Å². The lowest BCUT2D eigenvalue weighted by Gasteiger charge is -2.21. The van der Waals surface area contributed by atoms with Gasteiger partial charge in [0.15, 0.2) is 0 Å². The Morgan fingerprint density at radius 2 is 2.40 bits per heavy atom. The molecule has 0 aromatic carbocycles. The summed E-state index contributed by atoms with van der Waals surface area (Å²) in [4.78, 5) is 11.3. The molecule has 0 spiro atoms. The molecule has 1 aliphatic rings. The summed E-state index contributed by atoms with van der Waals surface area (Å²) in [5.41, 5.74) is 0. The van der Waals surface area contributed by atoms with Gasteiger partial charge in [-0.05, 0) is 0 Å². The summed E-state index contributed by atoms with van der Waals surface area (Å²) in [6, 6.07) is 0. The zero-order valence-electron chi connectivity index (χ0n) is 8.83. The predicted octanol–water partition coefficient (Wildman–Crippen LogP) is 0.727. The van der Waals surface area contributed by atoms with Crippen molar-refractivity contribution in [2.45, 2.75) is 5.25 Å². The van der Waals surface area contributed by atoms with Crippen molar-refractivity contribution in [1.29, 1.82) is 0 Å². The number of nitrogens with one attached hydrogen (secondary N) is 2. The van der Waals surface area contributed by atoms with Crippen molar-refractivity contribution in [2.24, 2.45) is 0 Å². The van der Waals surface area contributed by atoms with Gasteiger partial charge in [0.05, 0.1) is 6.54 Å². The van der Waals surface area contributed by atoms with Gasteiger partial charge in [-0.2, -0.15) is 23.5 Å². The molecule has 1 rings (SSSR count). The monoisotopic (exact) mass is 246 g/mol. The highest BCUT2D eigenvalue weighted by Gasteiger charge is 2.14. The third-order valence-corrected chi connectivity index (χ3v) is 4.83. The molecule has 15 heavy (non-hydrogen) atoms. The Bertz CT molecular complexity index is 206. The van der Waals surface area contributed by atoms with Crippen molar-refractivity contribution in [3.8, 4) is 0 Å². The van der Waals surface area contributed by atoms with Gasteiger partial charge in [-0.15, -0.1) is 6.58 Å². The Morgan fingerprint density at radius 3 is 3.07 bits per heavy atom. The maximum absolute atomic E-state index is 11.3. The zero-order chi connectivity index (χ0) is 10.9. The maximum atomic E-state index is 11.3. The number of carbonyl (C=O) groups is 1. The minimum atomic E-state index is 0.0769. The molecule has 3 nitrogen and oxygen atoms in total. The third kappa shape index (κ3) is 6.12. The number of rotatable bonds is 6. The van der Waals surface area contributed by atoms with Gasteiger partial charge in [0, 0.05) is 35.6 Å². The molecule has 0 saturated carbocycles. The molecule has 0 aliphatic carbocycles. The Balaban J connectivity index is 2.02. The van der Waals surface area contributed by atoms with Gasteiger partial charge in [0.1, 0.15) is 0 Å². The highest BCUT2D eigenvalue weighted by molar-refractivity contribution is 8.06. The molecule has 0 aromatic rings. The number of carbonyl (C=O) groups excluding carboxylic acids is 1. The minimum absolute atomic E-state index is 0.0769. The number of hydrogen-bond donors (Lipinski definition) is 2. The average Bonchev–Trinajstić information content (AvgIpc) is 2.28. The Morgan fingerprint density at radius 1 is 1.53 bits per heavy atom. The van der Waals surface area contributed by atoms with E-state index in [1.165, 1.54) is 11.5 Å². The molecule has 1 fully saturated rings. The van der Waals surface area contributed by atoms with Crippen LogP contribution in [0.25, 0.3) is 0 Å². The highest BCUT2D eigenvalue weighted by Crippen LogP contribution is 2.23. The quantitative estimate of drug-likeness (QED) is 0.535. The van der Waals surface area contributed by atoms with Crippen LogP contribution in [-0.2, 0) is 4.79 Å². The molecular weight excluding hydrogens is 228 g/mol. The van der Waals surface area contributed by atoms with E-state index < -0.39 is 0 Å². The molecule has 1 aliphatic heterocycles. The first kappa shape index (κ1) is 12.9. The first-order chi connectivity index (χ1) is 7.33. The molecule has 0 bridgehead atoms. The molecule has 1 saturated heterocycles. The normalized spacial score (nSPS) is 20.9. The summed E-state index contributed by atoms with van der Waals surface area (Å²) < 4.78 is 0. The van der Waals surface area contributed by atoms with Gasteiger partial charge in [0.25, 0.3) is 0 Å². The fraction of sp³-hybridized carbons (Fsp3) is 0.700. The second-order valence-corrected chi connectivity index (χ2v) is 5.85. The van der Waals surface area contributed by atoms with Crippen molar-refractivity contribution in [3.63, 3.8) is 0 Å². The van der Waals surface area contributed by atoms with Crippen molar-refractivity contribution in [1.82, 2.24) is 10.6 Å². The molecule has 1 amide bonds. The smallest absolute Gasteiger partial charge is 0.234 e. The van der Waals surface area contributed by atoms with E-state index in [1.807, 2.05) is 23.5 Å². The zero-order valence-corrected chi connectivity index (χ0v) is 10.5. The van der Waals surface area contributed by atoms with Gasteiger partial charge < -0.3 is 10.6 Å². The van der Waals surface area contributed by atoms with Crippen molar-refractivity contribution in [2.75, 3.05) is 36.9 Å². The van der Waals surface area contributed by atoms with Crippen LogP contribution in [0.4, 0.5) is 0 Å². The second kappa shape index (κ2) is 8.07. The van der Waals surface area contributed by atoms with Gasteiger partial charge in [-0.3, -0.25) is 4.79 Å². The number of amides is 1. The van der Waals surface area contributed by atoms with Crippen LogP contribution in [0.3, 0.4) is 0 Å². The highest BCUT2D eigenvalue weighted by atomic mass is 32.2. The lowest BCUT2D eigenvalue weighted by molar-refractivity contribution is -0.120. The van der Waals surface area contributed by atoms with Crippen LogP contribution in [0.15, 0.2) is 12.7 Å². The summed E-state index contributed by atoms with van der Waals surface area (Å²) in [6.45, 7) is 5.44. The number of hydrogen-bond acceptors (Lipinski definition) is 4. The van der Waals surface area contributed by atoms with Gasteiger partial charge >= 0.3 is 0 Å². The van der Waals surface area contributed by atoms with E-state index in [4.69, 9.17) is 0 Å².